The number of dihydropyridines is 1. The zero-order valence-electron chi connectivity index (χ0n) is 24.6. The standard InChI is InChI=1S/C39H26N6O/c1-2-6-27(7-3-1)34-24-30-14-15-33-35(36(30)46-34)31-8-4-5-9-32(31)45(33)39-43-37(42-38(44-39)29-18-22-41-23-19-29)28-12-10-25(11-13-28)26-16-20-40-21-17-26/h1-20,22-24,40H,21H2. The van der Waals surface area contributed by atoms with Crippen LogP contribution in [0.2, 0.25) is 0 Å². The molecule has 1 aliphatic heterocycles. The third-order valence-electron chi connectivity index (χ3n) is 8.44. The molecule has 0 amide bonds. The van der Waals surface area contributed by atoms with Gasteiger partial charge in [-0.1, -0.05) is 78.9 Å². The van der Waals surface area contributed by atoms with Crippen molar-refractivity contribution >= 4 is 38.3 Å². The van der Waals surface area contributed by atoms with Gasteiger partial charge >= 0.3 is 0 Å². The van der Waals surface area contributed by atoms with Crippen LogP contribution in [0.5, 0.6) is 0 Å². The smallest absolute Gasteiger partial charge is 0.238 e. The molecule has 0 radical (unpaired) electrons. The molecular formula is C39H26N6O. The molecule has 1 aliphatic rings. The first-order chi connectivity index (χ1) is 22.8. The number of aromatic nitrogens is 5. The lowest BCUT2D eigenvalue weighted by Gasteiger charge is -2.12. The van der Waals surface area contributed by atoms with E-state index < -0.39 is 0 Å². The lowest BCUT2D eigenvalue weighted by atomic mass is 10.0. The number of pyridine rings is 1. The molecule has 4 aromatic carbocycles. The Morgan fingerprint density at radius 1 is 0.652 bits per heavy atom. The highest BCUT2D eigenvalue weighted by molar-refractivity contribution is 6.19. The van der Waals surface area contributed by atoms with E-state index in [2.05, 4.69) is 99.8 Å². The Morgan fingerprint density at radius 2 is 1.39 bits per heavy atom. The van der Waals surface area contributed by atoms with Crippen molar-refractivity contribution in [2.24, 2.45) is 0 Å². The Morgan fingerprint density at radius 3 is 2.17 bits per heavy atom. The monoisotopic (exact) mass is 594 g/mol. The van der Waals surface area contributed by atoms with E-state index in [1.807, 2.05) is 42.6 Å². The van der Waals surface area contributed by atoms with Crippen LogP contribution in [0, 0.1) is 0 Å². The second-order valence-electron chi connectivity index (χ2n) is 11.2. The number of furan rings is 1. The number of benzene rings is 4. The van der Waals surface area contributed by atoms with Gasteiger partial charge in [0.15, 0.2) is 11.6 Å². The summed E-state index contributed by atoms with van der Waals surface area (Å²) in [5.41, 5.74) is 7.92. The van der Waals surface area contributed by atoms with Crippen LogP contribution in [0.3, 0.4) is 0 Å². The lowest BCUT2D eigenvalue weighted by molar-refractivity contribution is 0.635. The number of hydrogen-bond acceptors (Lipinski definition) is 6. The van der Waals surface area contributed by atoms with E-state index in [1.165, 1.54) is 5.57 Å². The van der Waals surface area contributed by atoms with Crippen molar-refractivity contribution in [1.29, 1.82) is 0 Å². The Labute approximate surface area is 264 Å². The quantitative estimate of drug-likeness (QED) is 0.215. The van der Waals surface area contributed by atoms with E-state index in [4.69, 9.17) is 19.4 Å². The van der Waals surface area contributed by atoms with E-state index in [-0.39, 0.29) is 0 Å². The van der Waals surface area contributed by atoms with Crippen molar-refractivity contribution in [2.75, 3.05) is 6.54 Å². The predicted octanol–water partition coefficient (Wildman–Crippen LogP) is 8.61. The third kappa shape index (κ3) is 4.37. The van der Waals surface area contributed by atoms with Crippen molar-refractivity contribution in [3.63, 3.8) is 0 Å². The first-order valence-electron chi connectivity index (χ1n) is 15.2. The molecule has 9 rings (SSSR count). The van der Waals surface area contributed by atoms with E-state index >= 15 is 0 Å². The number of fused-ring (bicyclic) bond motifs is 5. The van der Waals surface area contributed by atoms with Crippen LogP contribution in [0.1, 0.15) is 5.56 Å². The summed E-state index contributed by atoms with van der Waals surface area (Å²) >= 11 is 0. The fourth-order valence-electron chi connectivity index (χ4n) is 6.21. The molecule has 8 aromatic rings. The third-order valence-corrected chi connectivity index (χ3v) is 8.44. The van der Waals surface area contributed by atoms with Crippen molar-refractivity contribution in [3.05, 3.63) is 146 Å². The first-order valence-corrected chi connectivity index (χ1v) is 15.2. The fourth-order valence-corrected chi connectivity index (χ4v) is 6.21. The highest BCUT2D eigenvalue weighted by Gasteiger charge is 2.21. The average Bonchev–Trinajstić information content (AvgIpc) is 3.72. The van der Waals surface area contributed by atoms with Crippen LogP contribution < -0.4 is 5.32 Å². The van der Waals surface area contributed by atoms with Gasteiger partial charge in [-0.2, -0.15) is 9.97 Å². The van der Waals surface area contributed by atoms with Crippen LogP contribution in [0.4, 0.5) is 0 Å². The summed E-state index contributed by atoms with van der Waals surface area (Å²) in [6.45, 7) is 0.816. The first kappa shape index (κ1) is 26.1. The number of rotatable bonds is 5. The Balaban J connectivity index is 1.26. The maximum Gasteiger partial charge on any atom is 0.238 e. The highest BCUT2D eigenvalue weighted by Crippen LogP contribution is 2.39. The van der Waals surface area contributed by atoms with Crippen molar-refractivity contribution in [2.45, 2.75) is 0 Å². The van der Waals surface area contributed by atoms with Crippen LogP contribution >= 0.6 is 0 Å². The van der Waals surface area contributed by atoms with Gasteiger partial charge in [0.05, 0.1) is 16.4 Å². The molecule has 4 aromatic heterocycles. The highest BCUT2D eigenvalue weighted by atomic mass is 16.3. The summed E-state index contributed by atoms with van der Waals surface area (Å²) < 4.78 is 8.70. The lowest BCUT2D eigenvalue weighted by Crippen LogP contribution is -2.08. The van der Waals surface area contributed by atoms with Crippen LogP contribution in [0.15, 0.2) is 144 Å². The van der Waals surface area contributed by atoms with E-state index in [0.29, 0.717) is 17.6 Å². The van der Waals surface area contributed by atoms with Gasteiger partial charge in [-0.05, 0) is 59.8 Å². The van der Waals surface area contributed by atoms with Gasteiger partial charge in [-0.15, -0.1) is 0 Å². The predicted molar refractivity (Wildman–Crippen MR) is 183 cm³/mol. The summed E-state index contributed by atoms with van der Waals surface area (Å²) in [6.07, 6.45) is 9.76. The Bertz CT molecular complexity index is 2460. The molecule has 1 N–H and O–H groups in total. The van der Waals surface area contributed by atoms with E-state index in [1.54, 1.807) is 12.4 Å². The van der Waals surface area contributed by atoms with Gasteiger partial charge in [0.1, 0.15) is 11.3 Å². The number of nitrogens with one attached hydrogen (secondary N) is 1. The summed E-state index contributed by atoms with van der Waals surface area (Å²) in [5, 5.41) is 6.34. The molecule has 7 nitrogen and oxygen atoms in total. The van der Waals surface area contributed by atoms with Crippen LogP contribution in [0.25, 0.3) is 78.4 Å². The number of nitrogens with zero attached hydrogens (tertiary/aromatic N) is 5. The second kappa shape index (κ2) is 10.7. The zero-order valence-corrected chi connectivity index (χ0v) is 24.6. The number of hydrogen-bond donors (Lipinski definition) is 1. The molecule has 0 fully saturated rings. The molecule has 0 bridgehead atoms. The molecule has 5 heterocycles. The molecule has 7 heteroatoms. The molecule has 218 valence electrons. The van der Waals surface area contributed by atoms with Crippen molar-refractivity contribution in [1.82, 2.24) is 29.8 Å². The molecule has 0 saturated heterocycles. The van der Waals surface area contributed by atoms with Gasteiger partial charge in [-0.25, -0.2) is 4.98 Å². The zero-order chi connectivity index (χ0) is 30.5. The van der Waals surface area contributed by atoms with Crippen LogP contribution in [-0.4, -0.2) is 31.0 Å². The summed E-state index contributed by atoms with van der Waals surface area (Å²) in [5.74, 6) is 2.54. The van der Waals surface area contributed by atoms with Crippen molar-refractivity contribution < 1.29 is 4.42 Å². The van der Waals surface area contributed by atoms with Crippen LogP contribution in [-0.2, 0) is 0 Å². The molecular weight excluding hydrogens is 568 g/mol. The Hall–Kier alpha value is -6.34. The number of allylic oxidation sites excluding steroid dienone is 2. The average molecular weight is 595 g/mol. The summed E-state index contributed by atoms with van der Waals surface area (Å²) in [6, 6.07) is 37.1. The largest absolute Gasteiger partial charge is 0.455 e. The molecule has 46 heavy (non-hydrogen) atoms. The fraction of sp³-hybridized carbons (Fsp3) is 0.0256. The van der Waals surface area contributed by atoms with Crippen molar-refractivity contribution in [3.8, 4) is 40.0 Å². The normalized spacial score (nSPS) is 12.9. The molecule has 0 unspecified atom stereocenters. The van der Waals surface area contributed by atoms with Gasteiger partial charge in [0, 0.05) is 46.4 Å². The molecule has 0 spiro atoms. The molecule has 0 saturated carbocycles. The van der Waals surface area contributed by atoms with E-state index in [9.17, 15) is 0 Å². The van der Waals surface area contributed by atoms with Gasteiger partial charge in [0.2, 0.25) is 5.95 Å². The maximum atomic E-state index is 6.59. The topological polar surface area (TPSA) is 81.7 Å². The molecule has 0 aliphatic carbocycles. The SMILES string of the molecule is C1=CC(c2ccc(-c3nc(-c4ccncc4)nc(-n4c5ccccc5c5c6oc(-c7ccccc7)cc6ccc54)n3)cc2)=CCN1. The molecule has 0 atom stereocenters. The second-order valence-corrected chi connectivity index (χ2v) is 11.2. The van der Waals surface area contributed by atoms with Gasteiger partial charge in [0.25, 0.3) is 0 Å². The summed E-state index contributed by atoms with van der Waals surface area (Å²) in [4.78, 5) is 19.3. The maximum absolute atomic E-state index is 6.59. The minimum atomic E-state index is 0.533. The minimum Gasteiger partial charge on any atom is -0.455 e. The van der Waals surface area contributed by atoms with E-state index in [0.717, 1.165) is 67.3 Å². The minimum absolute atomic E-state index is 0.533. The van der Waals surface area contributed by atoms with Gasteiger partial charge in [-0.3, -0.25) is 9.55 Å². The summed E-state index contributed by atoms with van der Waals surface area (Å²) in [7, 11) is 0. The Kier molecular flexibility index (Phi) is 6.06. The number of para-hydroxylation sites is 1. The van der Waals surface area contributed by atoms with Gasteiger partial charge < -0.3 is 9.73 Å².